The number of hydrogen-bond donors (Lipinski definition) is 1. The summed E-state index contributed by atoms with van der Waals surface area (Å²) in [4.78, 5) is 25.4. The van der Waals surface area contributed by atoms with Crippen LogP contribution in [-0.2, 0) is 15.3 Å². The molecule has 1 N–H and O–H groups in total. The van der Waals surface area contributed by atoms with Crippen LogP contribution in [0, 0.1) is 0 Å². The number of ether oxygens (including phenoxy) is 1. The standard InChI is InChI=1S/C15H17NO4/c17-13-10-16-14(18)11-6-2-3-7-12(11)15(16,19)8-4-1-5-9-20-13/h2-3,6-7,19H,1,4-5,8-10H2. The van der Waals surface area contributed by atoms with E-state index in [4.69, 9.17) is 4.74 Å². The van der Waals surface area contributed by atoms with Crippen LogP contribution >= 0.6 is 0 Å². The average molecular weight is 275 g/mol. The number of amides is 1. The molecule has 2 aliphatic rings. The molecule has 5 heteroatoms. The van der Waals surface area contributed by atoms with Crippen LogP contribution in [0.4, 0.5) is 0 Å². The minimum absolute atomic E-state index is 0.204. The molecular weight excluding hydrogens is 258 g/mol. The van der Waals surface area contributed by atoms with Crippen molar-refractivity contribution in [3.05, 3.63) is 35.4 Å². The summed E-state index contributed by atoms with van der Waals surface area (Å²) < 4.78 is 5.07. The van der Waals surface area contributed by atoms with Crippen LogP contribution < -0.4 is 0 Å². The van der Waals surface area contributed by atoms with Crippen molar-refractivity contribution in [1.29, 1.82) is 0 Å². The molecule has 0 saturated carbocycles. The molecule has 1 aromatic carbocycles. The van der Waals surface area contributed by atoms with E-state index in [-0.39, 0.29) is 12.5 Å². The van der Waals surface area contributed by atoms with Gasteiger partial charge in [0.1, 0.15) is 6.54 Å². The third-order valence-corrected chi connectivity index (χ3v) is 4.00. The van der Waals surface area contributed by atoms with Crippen molar-refractivity contribution in [2.45, 2.75) is 31.4 Å². The summed E-state index contributed by atoms with van der Waals surface area (Å²) in [5.74, 6) is -0.771. The van der Waals surface area contributed by atoms with Crippen LogP contribution in [0.5, 0.6) is 0 Å². The number of carbonyl (C=O) groups excluding carboxylic acids is 2. The lowest BCUT2D eigenvalue weighted by molar-refractivity contribution is -0.154. The topological polar surface area (TPSA) is 66.8 Å². The van der Waals surface area contributed by atoms with Gasteiger partial charge in [-0.05, 0) is 31.7 Å². The second kappa shape index (κ2) is 4.90. The first-order valence-electron chi connectivity index (χ1n) is 6.92. The number of aliphatic hydroxyl groups is 1. The van der Waals surface area contributed by atoms with Crippen molar-refractivity contribution in [3.8, 4) is 0 Å². The molecule has 0 spiro atoms. The Morgan fingerprint density at radius 2 is 1.95 bits per heavy atom. The van der Waals surface area contributed by atoms with Gasteiger partial charge < -0.3 is 9.84 Å². The number of esters is 1. The number of rotatable bonds is 0. The third kappa shape index (κ3) is 1.98. The fraction of sp³-hybridized carbons (Fsp3) is 0.467. The molecule has 1 unspecified atom stereocenters. The zero-order chi connectivity index (χ0) is 14.2. The zero-order valence-corrected chi connectivity index (χ0v) is 11.2. The van der Waals surface area contributed by atoms with Crippen molar-refractivity contribution in [2.75, 3.05) is 13.2 Å². The summed E-state index contributed by atoms with van der Waals surface area (Å²) in [7, 11) is 0. The highest BCUT2D eigenvalue weighted by molar-refractivity contribution is 6.01. The van der Waals surface area contributed by atoms with E-state index in [2.05, 4.69) is 0 Å². The molecule has 5 nitrogen and oxygen atoms in total. The fourth-order valence-electron chi connectivity index (χ4n) is 2.96. The van der Waals surface area contributed by atoms with Crippen LogP contribution in [0.15, 0.2) is 24.3 Å². The second-order valence-electron chi connectivity index (χ2n) is 5.28. The summed E-state index contributed by atoms with van der Waals surface area (Å²) in [6.07, 6.45) is 2.88. The van der Waals surface area contributed by atoms with Gasteiger partial charge in [-0.15, -0.1) is 0 Å². The third-order valence-electron chi connectivity index (χ3n) is 4.00. The molecular formula is C15H17NO4. The van der Waals surface area contributed by atoms with E-state index in [0.29, 0.717) is 24.2 Å². The predicted molar refractivity (Wildman–Crippen MR) is 70.8 cm³/mol. The van der Waals surface area contributed by atoms with Crippen molar-refractivity contribution >= 4 is 11.9 Å². The van der Waals surface area contributed by atoms with Gasteiger partial charge in [0.25, 0.3) is 5.91 Å². The van der Waals surface area contributed by atoms with Gasteiger partial charge >= 0.3 is 5.97 Å². The van der Waals surface area contributed by atoms with Crippen molar-refractivity contribution in [1.82, 2.24) is 4.90 Å². The maximum absolute atomic E-state index is 12.4. The first-order valence-corrected chi connectivity index (χ1v) is 6.92. The molecule has 2 aliphatic heterocycles. The maximum atomic E-state index is 12.4. The largest absolute Gasteiger partial charge is 0.464 e. The maximum Gasteiger partial charge on any atom is 0.325 e. The quantitative estimate of drug-likeness (QED) is 0.727. The van der Waals surface area contributed by atoms with Gasteiger partial charge in [-0.1, -0.05) is 18.2 Å². The molecule has 20 heavy (non-hydrogen) atoms. The monoisotopic (exact) mass is 275 g/mol. The Labute approximate surface area is 117 Å². The van der Waals surface area contributed by atoms with Crippen LogP contribution in [0.2, 0.25) is 0 Å². The number of fused-ring (bicyclic) bond motifs is 3. The fourth-order valence-corrected chi connectivity index (χ4v) is 2.96. The van der Waals surface area contributed by atoms with E-state index in [1.807, 2.05) is 0 Å². The van der Waals surface area contributed by atoms with E-state index in [1.165, 1.54) is 4.90 Å². The number of nitrogens with zero attached hydrogens (tertiary/aromatic N) is 1. The van der Waals surface area contributed by atoms with Gasteiger partial charge in [0, 0.05) is 11.1 Å². The molecule has 0 radical (unpaired) electrons. The van der Waals surface area contributed by atoms with E-state index in [0.717, 1.165) is 19.3 Å². The molecule has 1 saturated heterocycles. The first kappa shape index (κ1) is 13.1. The smallest absolute Gasteiger partial charge is 0.325 e. The molecule has 0 aliphatic carbocycles. The van der Waals surface area contributed by atoms with Gasteiger partial charge in [-0.3, -0.25) is 14.5 Å². The van der Waals surface area contributed by atoms with Crippen LogP contribution in [0.3, 0.4) is 0 Å². The van der Waals surface area contributed by atoms with Gasteiger partial charge in [0.05, 0.1) is 6.61 Å². The Balaban J connectivity index is 2.02. The summed E-state index contributed by atoms with van der Waals surface area (Å²) in [6.45, 7) is 0.177. The minimum atomic E-state index is -1.38. The number of cyclic esters (lactones) is 1. The number of hydrogen-bond acceptors (Lipinski definition) is 4. The van der Waals surface area contributed by atoms with Gasteiger partial charge in [-0.25, -0.2) is 0 Å². The normalized spacial score (nSPS) is 26.8. The van der Waals surface area contributed by atoms with Gasteiger partial charge in [0.15, 0.2) is 5.72 Å². The van der Waals surface area contributed by atoms with Crippen molar-refractivity contribution < 1.29 is 19.4 Å². The Morgan fingerprint density at radius 3 is 2.80 bits per heavy atom. The molecule has 1 aromatic rings. The van der Waals surface area contributed by atoms with Crippen molar-refractivity contribution in [2.24, 2.45) is 0 Å². The van der Waals surface area contributed by atoms with Crippen LogP contribution in [0.1, 0.15) is 41.6 Å². The molecule has 1 atom stereocenters. The molecule has 0 aromatic heterocycles. The molecule has 106 valence electrons. The van der Waals surface area contributed by atoms with Crippen molar-refractivity contribution in [3.63, 3.8) is 0 Å². The Kier molecular flexibility index (Phi) is 3.22. The number of carbonyl (C=O) groups is 2. The van der Waals surface area contributed by atoms with Crippen LogP contribution in [-0.4, -0.2) is 35.0 Å². The zero-order valence-electron chi connectivity index (χ0n) is 11.2. The highest BCUT2D eigenvalue weighted by Gasteiger charge is 2.48. The lowest BCUT2D eigenvalue weighted by Crippen LogP contribution is -2.47. The lowest BCUT2D eigenvalue weighted by atomic mass is 9.95. The average Bonchev–Trinajstić information content (AvgIpc) is 2.66. The lowest BCUT2D eigenvalue weighted by Gasteiger charge is -2.34. The molecule has 3 rings (SSSR count). The number of benzene rings is 1. The summed E-state index contributed by atoms with van der Waals surface area (Å²) in [5, 5.41) is 11.0. The van der Waals surface area contributed by atoms with E-state index in [9.17, 15) is 14.7 Å². The van der Waals surface area contributed by atoms with Crippen LogP contribution in [0.25, 0.3) is 0 Å². The molecule has 1 amide bonds. The molecule has 2 heterocycles. The Morgan fingerprint density at radius 1 is 1.15 bits per heavy atom. The van der Waals surface area contributed by atoms with Gasteiger partial charge in [0.2, 0.25) is 0 Å². The molecule has 0 bridgehead atoms. The van der Waals surface area contributed by atoms with E-state index in [1.54, 1.807) is 24.3 Å². The highest BCUT2D eigenvalue weighted by atomic mass is 16.5. The predicted octanol–water partition coefficient (Wildman–Crippen LogP) is 1.40. The highest BCUT2D eigenvalue weighted by Crippen LogP contribution is 2.40. The van der Waals surface area contributed by atoms with E-state index < -0.39 is 11.7 Å². The summed E-state index contributed by atoms with van der Waals surface area (Å²) in [5.41, 5.74) is -0.315. The van der Waals surface area contributed by atoms with Gasteiger partial charge in [-0.2, -0.15) is 0 Å². The SMILES string of the molecule is O=C1CN2C(=O)c3ccccc3C2(O)CCCCCO1. The van der Waals surface area contributed by atoms with E-state index >= 15 is 0 Å². The first-order chi connectivity index (χ1) is 9.63. The molecule has 1 fully saturated rings. The summed E-state index contributed by atoms with van der Waals surface area (Å²) in [6, 6.07) is 7.00. The second-order valence-corrected chi connectivity index (χ2v) is 5.28. The Bertz CT molecular complexity index is 557. The minimum Gasteiger partial charge on any atom is -0.464 e. The Hall–Kier alpha value is -1.88. The summed E-state index contributed by atoms with van der Waals surface area (Å²) >= 11 is 0.